The molecule has 1 atom stereocenters. The average molecular weight is 298 g/mol. The van der Waals surface area contributed by atoms with Crippen molar-refractivity contribution in [2.45, 2.75) is 12.5 Å². The zero-order chi connectivity index (χ0) is 14.8. The molecular weight excluding hydrogens is 286 g/mol. The van der Waals surface area contributed by atoms with Gasteiger partial charge in [0, 0.05) is 17.0 Å². The number of rotatable bonds is 4. The average Bonchev–Trinajstić information content (AvgIpc) is 2.89. The molecule has 0 saturated heterocycles. The number of carbonyl (C=O) groups is 1. The second-order valence-electron chi connectivity index (χ2n) is 4.45. The first-order valence-corrected chi connectivity index (χ1v) is 6.69. The van der Waals surface area contributed by atoms with Gasteiger partial charge in [0.15, 0.2) is 0 Å². The van der Waals surface area contributed by atoms with Crippen LogP contribution in [0.1, 0.15) is 23.0 Å². The van der Waals surface area contributed by atoms with E-state index in [1.54, 1.807) is 5.38 Å². The minimum atomic E-state index is -1.65. The smallest absolute Gasteiger partial charge is 0.270 e. The normalized spacial score (nSPS) is 13.8. The Balaban J connectivity index is 2.09. The number of halogens is 2. The van der Waals surface area contributed by atoms with E-state index in [1.165, 1.54) is 23.8 Å². The van der Waals surface area contributed by atoms with Crippen LogP contribution in [0.25, 0.3) is 0 Å². The summed E-state index contributed by atoms with van der Waals surface area (Å²) in [5.41, 5.74) is -0.00116. The fourth-order valence-corrected chi connectivity index (χ4v) is 2.22. The van der Waals surface area contributed by atoms with Crippen molar-refractivity contribution in [3.8, 4) is 0 Å². The molecule has 1 unspecified atom stereocenters. The van der Waals surface area contributed by atoms with E-state index in [4.69, 9.17) is 0 Å². The van der Waals surface area contributed by atoms with Gasteiger partial charge in [-0.25, -0.2) is 13.8 Å². The molecule has 4 nitrogen and oxygen atoms in total. The zero-order valence-electron chi connectivity index (χ0n) is 10.6. The summed E-state index contributed by atoms with van der Waals surface area (Å²) in [7, 11) is 0. The summed E-state index contributed by atoms with van der Waals surface area (Å²) in [4.78, 5) is 15.5. The van der Waals surface area contributed by atoms with Gasteiger partial charge in [-0.05, 0) is 13.0 Å². The van der Waals surface area contributed by atoms with Crippen molar-refractivity contribution in [1.82, 2.24) is 10.3 Å². The predicted molar refractivity (Wildman–Crippen MR) is 70.4 cm³/mol. The van der Waals surface area contributed by atoms with Gasteiger partial charge in [-0.15, -0.1) is 11.3 Å². The number of benzene rings is 1. The SMILES string of the molecule is CC(O)(CNC(=O)c1cscn1)c1ccc(F)cc1F. The van der Waals surface area contributed by atoms with Gasteiger partial charge < -0.3 is 10.4 Å². The first kappa shape index (κ1) is 14.5. The fraction of sp³-hybridized carbons (Fsp3) is 0.231. The van der Waals surface area contributed by atoms with E-state index in [1.807, 2.05) is 0 Å². The highest BCUT2D eigenvalue weighted by atomic mass is 32.1. The van der Waals surface area contributed by atoms with Crippen LogP contribution < -0.4 is 5.32 Å². The fourth-order valence-electron chi connectivity index (χ4n) is 1.69. The summed E-state index contributed by atoms with van der Waals surface area (Å²) in [6, 6.07) is 2.89. The molecule has 0 bridgehead atoms. The minimum absolute atomic E-state index is 0.0857. The van der Waals surface area contributed by atoms with Gasteiger partial charge in [0.2, 0.25) is 0 Å². The molecule has 0 aliphatic carbocycles. The summed E-state index contributed by atoms with van der Waals surface area (Å²) in [5.74, 6) is -2.06. The summed E-state index contributed by atoms with van der Waals surface area (Å²) in [5, 5.41) is 14.2. The third kappa shape index (κ3) is 3.17. The maximum atomic E-state index is 13.6. The summed E-state index contributed by atoms with van der Waals surface area (Å²) < 4.78 is 26.5. The Bertz CT molecular complexity index is 615. The number of nitrogens with zero attached hydrogens (tertiary/aromatic N) is 1. The van der Waals surface area contributed by atoms with Crippen LogP contribution in [0.5, 0.6) is 0 Å². The predicted octanol–water partition coefficient (Wildman–Crippen LogP) is 2.06. The monoisotopic (exact) mass is 298 g/mol. The number of hydrogen-bond donors (Lipinski definition) is 2. The Morgan fingerprint density at radius 1 is 1.50 bits per heavy atom. The van der Waals surface area contributed by atoms with E-state index >= 15 is 0 Å². The van der Waals surface area contributed by atoms with E-state index in [0.717, 1.165) is 12.1 Å². The number of carbonyl (C=O) groups excluding carboxylic acids is 1. The number of thiazole rings is 1. The van der Waals surface area contributed by atoms with E-state index in [9.17, 15) is 18.7 Å². The molecule has 1 aromatic heterocycles. The molecule has 1 heterocycles. The Morgan fingerprint density at radius 3 is 2.85 bits per heavy atom. The third-order valence-electron chi connectivity index (χ3n) is 2.77. The van der Waals surface area contributed by atoms with E-state index in [2.05, 4.69) is 10.3 Å². The second-order valence-corrected chi connectivity index (χ2v) is 5.17. The number of hydrogen-bond acceptors (Lipinski definition) is 4. The zero-order valence-corrected chi connectivity index (χ0v) is 11.4. The Labute approximate surface area is 118 Å². The van der Waals surface area contributed by atoms with Crippen LogP contribution in [0.2, 0.25) is 0 Å². The van der Waals surface area contributed by atoms with Crippen LogP contribution in [0.15, 0.2) is 29.1 Å². The number of nitrogens with one attached hydrogen (secondary N) is 1. The number of aromatic nitrogens is 1. The number of aliphatic hydroxyl groups is 1. The van der Waals surface area contributed by atoms with Crippen molar-refractivity contribution < 1.29 is 18.7 Å². The van der Waals surface area contributed by atoms with Crippen molar-refractivity contribution >= 4 is 17.2 Å². The van der Waals surface area contributed by atoms with Crippen LogP contribution in [-0.4, -0.2) is 22.5 Å². The molecule has 0 radical (unpaired) electrons. The van der Waals surface area contributed by atoms with Gasteiger partial charge in [-0.1, -0.05) is 6.07 Å². The molecule has 1 aromatic carbocycles. The lowest BCUT2D eigenvalue weighted by Crippen LogP contribution is -2.39. The maximum absolute atomic E-state index is 13.6. The largest absolute Gasteiger partial charge is 0.383 e. The Kier molecular flexibility index (Phi) is 4.10. The van der Waals surface area contributed by atoms with Crippen LogP contribution in [0.4, 0.5) is 8.78 Å². The molecule has 2 N–H and O–H groups in total. The van der Waals surface area contributed by atoms with Crippen molar-refractivity contribution in [3.63, 3.8) is 0 Å². The highest BCUT2D eigenvalue weighted by Crippen LogP contribution is 2.23. The molecule has 2 rings (SSSR count). The van der Waals surface area contributed by atoms with Gasteiger partial charge in [0.05, 0.1) is 12.1 Å². The molecular formula is C13H12F2N2O2S. The van der Waals surface area contributed by atoms with Gasteiger partial charge in [0.25, 0.3) is 5.91 Å². The van der Waals surface area contributed by atoms with Crippen molar-refractivity contribution in [2.24, 2.45) is 0 Å². The summed E-state index contributed by atoms with van der Waals surface area (Å²) >= 11 is 1.27. The van der Waals surface area contributed by atoms with Crippen LogP contribution >= 0.6 is 11.3 Å². The molecule has 0 fully saturated rings. The van der Waals surface area contributed by atoms with E-state index < -0.39 is 23.1 Å². The molecule has 0 saturated carbocycles. The molecule has 7 heteroatoms. The molecule has 0 spiro atoms. The summed E-state index contributed by atoms with van der Waals surface area (Å²) in [6.45, 7) is 1.12. The molecule has 1 amide bonds. The minimum Gasteiger partial charge on any atom is -0.383 e. The molecule has 20 heavy (non-hydrogen) atoms. The van der Waals surface area contributed by atoms with Crippen LogP contribution in [0, 0.1) is 11.6 Å². The van der Waals surface area contributed by atoms with Crippen LogP contribution in [-0.2, 0) is 5.60 Å². The van der Waals surface area contributed by atoms with Gasteiger partial charge in [-0.3, -0.25) is 4.79 Å². The second kappa shape index (κ2) is 5.64. The van der Waals surface area contributed by atoms with E-state index in [0.29, 0.717) is 6.07 Å². The molecule has 106 valence electrons. The molecule has 0 aliphatic heterocycles. The third-order valence-corrected chi connectivity index (χ3v) is 3.36. The lowest BCUT2D eigenvalue weighted by atomic mass is 9.95. The lowest BCUT2D eigenvalue weighted by molar-refractivity contribution is 0.0493. The molecule has 2 aromatic rings. The van der Waals surface area contributed by atoms with Crippen LogP contribution in [0.3, 0.4) is 0 Å². The first-order chi connectivity index (χ1) is 9.40. The van der Waals surface area contributed by atoms with Gasteiger partial charge >= 0.3 is 0 Å². The van der Waals surface area contributed by atoms with Gasteiger partial charge in [0.1, 0.15) is 22.9 Å². The van der Waals surface area contributed by atoms with E-state index in [-0.39, 0.29) is 17.8 Å². The topological polar surface area (TPSA) is 62.2 Å². The first-order valence-electron chi connectivity index (χ1n) is 5.74. The standard InChI is InChI=1S/C13H12F2N2O2S/c1-13(19,9-3-2-8(14)4-10(9)15)6-16-12(18)11-5-20-7-17-11/h2-5,7,19H,6H2,1H3,(H,16,18). The number of amides is 1. The maximum Gasteiger partial charge on any atom is 0.270 e. The lowest BCUT2D eigenvalue weighted by Gasteiger charge is -2.24. The quantitative estimate of drug-likeness (QED) is 0.908. The van der Waals surface area contributed by atoms with Gasteiger partial charge in [-0.2, -0.15) is 0 Å². The highest BCUT2D eigenvalue weighted by Gasteiger charge is 2.27. The Hall–Kier alpha value is -1.86. The Morgan fingerprint density at radius 2 is 2.25 bits per heavy atom. The van der Waals surface area contributed by atoms with Crippen molar-refractivity contribution in [1.29, 1.82) is 0 Å². The van der Waals surface area contributed by atoms with Crippen molar-refractivity contribution in [3.05, 3.63) is 52.0 Å². The van der Waals surface area contributed by atoms with Crippen molar-refractivity contribution in [2.75, 3.05) is 6.54 Å². The molecule has 0 aliphatic rings. The summed E-state index contributed by atoms with van der Waals surface area (Å²) in [6.07, 6.45) is 0. The highest BCUT2D eigenvalue weighted by molar-refractivity contribution is 7.07.